The maximum absolute atomic E-state index is 12.0. The minimum atomic E-state index is -0.0102. The van der Waals surface area contributed by atoms with Crippen LogP contribution in [-0.4, -0.2) is 18.5 Å². The van der Waals surface area contributed by atoms with Crippen LogP contribution in [0.3, 0.4) is 0 Å². The molecular formula is C13H20N2OS. The zero-order valence-electron chi connectivity index (χ0n) is 10.5. The van der Waals surface area contributed by atoms with E-state index in [9.17, 15) is 4.79 Å². The van der Waals surface area contributed by atoms with Crippen molar-refractivity contribution in [3.05, 3.63) is 21.9 Å². The molecule has 1 aromatic rings. The Labute approximate surface area is 107 Å². The number of thiophene rings is 1. The summed E-state index contributed by atoms with van der Waals surface area (Å²) in [5.41, 5.74) is 1.26. The molecule has 1 aliphatic rings. The van der Waals surface area contributed by atoms with Crippen LogP contribution < -0.4 is 10.6 Å². The van der Waals surface area contributed by atoms with E-state index in [1.807, 2.05) is 0 Å². The monoisotopic (exact) mass is 252 g/mol. The Morgan fingerprint density at radius 2 is 2.47 bits per heavy atom. The van der Waals surface area contributed by atoms with Crippen molar-refractivity contribution >= 4 is 17.2 Å². The molecule has 0 bridgehead atoms. The summed E-state index contributed by atoms with van der Waals surface area (Å²) in [7, 11) is 0. The fourth-order valence-electron chi connectivity index (χ4n) is 2.26. The predicted octanol–water partition coefficient (Wildman–Crippen LogP) is 2.06. The quantitative estimate of drug-likeness (QED) is 0.864. The van der Waals surface area contributed by atoms with Crippen LogP contribution >= 0.6 is 11.3 Å². The van der Waals surface area contributed by atoms with Gasteiger partial charge < -0.3 is 10.6 Å². The molecule has 1 aliphatic heterocycles. The summed E-state index contributed by atoms with van der Waals surface area (Å²) in [4.78, 5) is 13.3. The van der Waals surface area contributed by atoms with Crippen LogP contribution in [0.4, 0.5) is 0 Å². The molecule has 4 heteroatoms. The first-order valence-electron chi connectivity index (χ1n) is 6.22. The van der Waals surface area contributed by atoms with Crippen molar-refractivity contribution < 1.29 is 4.79 Å². The van der Waals surface area contributed by atoms with Gasteiger partial charge in [-0.2, -0.15) is 0 Å². The van der Waals surface area contributed by atoms with E-state index >= 15 is 0 Å². The third-order valence-electron chi connectivity index (χ3n) is 3.44. The number of amides is 1. The van der Waals surface area contributed by atoms with Gasteiger partial charge in [0.1, 0.15) is 0 Å². The summed E-state index contributed by atoms with van der Waals surface area (Å²) in [6.45, 7) is 5.85. The highest BCUT2D eigenvalue weighted by molar-refractivity contribution is 7.10. The second-order valence-electron chi connectivity index (χ2n) is 4.80. The summed E-state index contributed by atoms with van der Waals surface area (Å²) in [6.07, 6.45) is 2.32. The van der Waals surface area contributed by atoms with Crippen LogP contribution in [0.1, 0.15) is 30.2 Å². The van der Waals surface area contributed by atoms with Gasteiger partial charge in [0.05, 0.1) is 12.6 Å². The summed E-state index contributed by atoms with van der Waals surface area (Å²) in [5, 5.41) is 8.41. The van der Waals surface area contributed by atoms with Crippen molar-refractivity contribution in [2.45, 2.75) is 39.3 Å². The van der Waals surface area contributed by atoms with Crippen LogP contribution in [0.2, 0.25) is 0 Å². The molecule has 2 atom stereocenters. The molecule has 1 fully saturated rings. The predicted molar refractivity (Wildman–Crippen MR) is 71.1 cm³/mol. The Bertz CT molecular complexity index is 389. The third-order valence-corrected chi connectivity index (χ3v) is 4.47. The lowest BCUT2D eigenvalue weighted by molar-refractivity contribution is -0.125. The molecule has 17 heavy (non-hydrogen) atoms. The van der Waals surface area contributed by atoms with Gasteiger partial charge in [0.15, 0.2) is 0 Å². The number of hydrogen-bond acceptors (Lipinski definition) is 3. The first kappa shape index (κ1) is 12.6. The molecule has 0 aliphatic carbocycles. The van der Waals surface area contributed by atoms with Crippen molar-refractivity contribution in [3.8, 4) is 0 Å². The molecule has 94 valence electrons. The van der Waals surface area contributed by atoms with Crippen LogP contribution in [0.5, 0.6) is 0 Å². The van der Waals surface area contributed by atoms with Crippen LogP contribution in [0.15, 0.2) is 11.4 Å². The molecule has 3 nitrogen and oxygen atoms in total. The maximum Gasteiger partial charge on any atom is 0.237 e. The third kappa shape index (κ3) is 3.07. The first-order valence-corrected chi connectivity index (χ1v) is 7.10. The van der Waals surface area contributed by atoms with Gasteiger partial charge in [-0.25, -0.2) is 0 Å². The molecule has 2 unspecified atom stereocenters. The van der Waals surface area contributed by atoms with E-state index in [1.54, 1.807) is 11.3 Å². The zero-order chi connectivity index (χ0) is 12.3. The minimum absolute atomic E-state index is 0.0102. The average molecular weight is 252 g/mol. The van der Waals surface area contributed by atoms with Crippen molar-refractivity contribution in [3.63, 3.8) is 0 Å². The van der Waals surface area contributed by atoms with E-state index in [1.165, 1.54) is 16.9 Å². The smallest absolute Gasteiger partial charge is 0.237 e. The summed E-state index contributed by atoms with van der Waals surface area (Å²) >= 11 is 1.70. The SMILES string of the molecule is Cc1ccsc1CNC(=O)C1NCCCC1C. The standard InChI is InChI=1S/C13H20N2OS/c1-9-5-7-17-11(9)8-15-13(16)12-10(2)4-3-6-14-12/h5,7,10,12,14H,3-4,6,8H2,1-2H3,(H,15,16). The normalized spacial score (nSPS) is 24.6. The number of carbonyl (C=O) groups is 1. The van der Waals surface area contributed by atoms with Crippen LogP contribution in [0.25, 0.3) is 0 Å². The highest BCUT2D eigenvalue weighted by Crippen LogP contribution is 2.17. The van der Waals surface area contributed by atoms with Gasteiger partial charge in [-0.15, -0.1) is 11.3 Å². The summed E-state index contributed by atoms with van der Waals surface area (Å²) in [5.74, 6) is 0.582. The van der Waals surface area contributed by atoms with Crippen molar-refractivity contribution in [2.24, 2.45) is 5.92 Å². The van der Waals surface area contributed by atoms with Crippen LogP contribution in [-0.2, 0) is 11.3 Å². The lowest BCUT2D eigenvalue weighted by Gasteiger charge is -2.28. The topological polar surface area (TPSA) is 41.1 Å². The second kappa shape index (κ2) is 5.65. The number of nitrogens with one attached hydrogen (secondary N) is 2. The molecule has 1 amide bonds. The lowest BCUT2D eigenvalue weighted by atomic mass is 9.92. The van der Waals surface area contributed by atoms with Crippen LogP contribution in [0, 0.1) is 12.8 Å². The van der Waals surface area contributed by atoms with Gasteiger partial charge in [-0.05, 0) is 49.2 Å². The van der Waals surface area contributed by atoms with Gasteiger partial charge in [0, 0.05) is 4.88 Å². The second-order valence-corrected chi connectivity index (χ2v) is 5.80. The van der Waals surface area contributed by atoms with E-state index in [2.05, 4.69) is 35.9 Å². The molecule has 2 heterocycles. The molecule has 2 N–H and O–H groups in total. The molecule has 0 spiro atoms. The fraction of sp³-hybridized carbons (Fsp3) is 0.615. The summed E-state index contributed by atoms with van der Waals surface area (Å²) < 4.78 is 0. The van der Waals surface area contributed by atoms with E-state index in [-0.39, 0.29) is 11.9 Å². The molecular weight excluding hydrogens is 232 g/mol. The number of carbonyl (C=O) groups excluding carboxylic acids is 1. The van der Waals surface area contributed by atoms with Gasteiger partial charge >= 0.3 is 0 Å². The molecule has 2 rings (SSSR count). The minimum Gasteiger partial charge on any atom is -0.350 e. The Balaban J connectivity index is 1.86. The molecule has 0 radical (unpaired) electrons. The van der Waals surface area contributed by atoms with Crippen molar-refractivity contribution in [2.75, 3.05) is 6.54 Å². The van der Waals surface area contributed by atoms with E-state index in [0.29, 0.717) is 12.5 Å². The Morgan fingerprint density at radius 3 is 3.12 bits per heavy atom. The molecule has 1 aromatic heterocycles. The van der Waals surface area contributed by atoms with Gasteiger partial charge in [-0.1, -0.05) is 6.92 Å². The van der Waals surface area contributed by atoms with E-state index < -0.39 is 0 Å². The van der Waals surface area contributed by atoms with E-state index in [4.69, 9.17) is 0 Å². The Kier molecular flexibility index (Phi) is 4.18. The highest BCUT2D eigenvalue weighted by Gasteiger charge is 2.26. The lowest BCUT2D eigenvalue weighted by Crippen LogP contribution is -2.50. The number of piperidine rings is 1. The van der Waals surface area contributed by atoms with Gasteiger partial charge in [0.2, 0.25) is 5.91 Å². The Hall–Kier alpha value is -0.870. The zero-order valence-corrected chi connectivity index (χ0v) is 11.3. The number of hydrogen-bond donors (Lipinski definition) is 2. The van der Waals surface area contributed by atoms with Crippen molar-refractivity contribution in [1.82, 2.24) is 10.6 Å². The average Bonchev–Trinajstić information content (AvgIpc) is 2.72. The highest BCUT2D eigenvalue weighted by atomic mass is 32.1. The molecule has 0 saturated carbocycles. The Morgan fingerprint density at radius 1 is 1.65 bits per heavy atom. The molecule has 0 aromatic carbocycles. The number of aryl methyl sites for hydroxylation is 1. The first-order chi connectivity index (χ1) is 8.18. The van der Waals surface area contributed by atoms with Crippen molar-refractivity contribution in [1.29, 1.82) is 0 Å². The van der Waals surface area contributed by atoms with E-state index in [0.717, 1.165) is 13.0 Å². The maximum atomic E-state index is 12.0. The number of rotatable bonds is 3. The van der Waals surface area contributed by atoms with Gasteiger partial charge in [0.25, 0.3) is 0 Å². The van der Waals surface area contributed by atoms with Gasteiger partial charge in [-0.3, -0.25) is 4.79 Å². The molecule has 1 saturated heterocycles. The largest absolute Gasteiger partial charge is 0.350 e. The fourth-order valence-corrected chi connectivity index (χ4v) is 3.11. The summed E-state index contributed by atoms with van der Waals surface area (Å²) in [6, 6.07) is 2.08.